The van der Waals surface area contributed by atoms with Crippen LogP contribution in [0.3, 0.4) is 0 Å². The zero-order valence-electron chi connectivity index (χ0n) is 12.0. The zero-order valence-corrected chi connectivity index (χ0v) is 12.8. The highest BCUT2D eigenvalue weighted by atomic mass is 35.5. The summed E-state index contributed by atoms with van der Waals surface area (Å²) in [7, 11) is 1.42. The fourth-order valence-electron chi connectivity index (χ4n) is 2.73. The lowest BCUT2D eigenvalue weighted by Crippen LogP contribution is -2.34. The molecule has 3 rings (SSSR count). The third-order valence-corrected chi connectivity index (χ3v) is 4.06. The maximum Gasteiger partial charge on any atom is 0.223 e. The van der Waals surface area contributed by atoms with Crippen molar-refractivity contribution >= 4 is 34.3 Å². The Kier molecular flexibility index (Phi) is 4.09. The summed E-state index contributed by atoms with van der Waals surface area (Å²) in [5.74, 6) is -0.0513. The van der Waals surface area contributed by atoms with Crippen molar-refractivity contribution in [1.29, 1.82) is 0 Å². The number of aromatic nitrogens is 3. The SMILES string of the molecule is [C-]#[N+]c1cn(C2OC(CO)C(O)C2OC)c2nc(N)nc(Cl)c12. The first-order chi connectivity index (χ1) is 11.0. The Bertz CT molecular complexity index is 789. The summed E-state index contributed by atoms with van der Waals surface area (Å²) in [5.41, 5.74) is 6.16. The maximum atomic E-state index is 10.2. The Morgan fingerprint density at radius 3 is 2.91 bits per heavy atom. The van der Waals surface area contributed by atoms with Gasteiger partial charge in [-0.3, -0.25) is 0 Å². The molecule has 2 aromatic rings. The van der Waals surface area contributed by atoms with Crippen LogP contribution < -0.4 is 5.73 Å². The van der Waals surface area contributed by atoms with E-state index in [-0.39, 0.29) is 23.4 Å². The van der Waals surface area contributed by atoms with Gasteiger partial charge in [0.2, 0.25) is 11.6 Å². The Morgan fingerprint density at radius 1 is 1.57 bits per heavy atom. The average molecular weight is 340 g/mol. The van der Waals surface area contributed by atoms with Gasteiger partial charge in [0, 0.05) is 13.3 Å². The minimum atomic E-state index is -1.03. The Hall–Kier alpha value is -1.96. The van der Waals surface area contributed by atoms with Crippen LogP contribution in [0.15, 0.2) is 6.20 Å². The minimum Gasteiger partial charge on any atom is -0.394 e. The van der Waals surface area contributed by atoms with E-state index in [0.29, 0.717) is 11.0 Å². The highest BCUT2D eigenvalue weighted by Gasteiger charge is 2.45. The quantitative estimate of drug-likeness (QED) is 0.549. The molecular formula is C13H14ClN5O4. The van der Waals surface area contributed by atoms with Gasteiger partial charge in [0.1, 0.15) is 29.1 Å². The van der Waals surface area contributed by atoms with Crippen LogP contribution in [0.4, 0.5) is 11.6 Å². The van der Waals surface area contributed by atoms with Crippen molar-refractivity contribution in [3.8, 4) is 0 Å². The van der Waals surface area contributed by atoms with Crippen molar-refractivity contribution in [2.45, 2.75) is 24.5 Å². The minimum absolute atomic E-state index is 0.0513. The predicted molar refractivity (Wildman–Crippen MR) is 81.0 cm³/mol. The van der Waals surface area contributed by atoms with Crippen molar-refractivity contribution in [3.63, 3.8) is 0 Å². The largest absolute Gasteiger partial charge is 0.394 e. The molecule has 0 bridgehead atoms. The van der Waals surface area contributed by atoms with Gasteiger partial charge >= 0.3 is 0 Å². The molecular weight excluding hydrogens is 326 g/mol. The molecule has 4 unspecified atom stereocenters. The van der Waals surface area contributed by atoms with E-state index in [4.69, 9.17) is 33.4 Å². The van der Waals surface area contributed by atoms with Crippen LogP contribution in [0.2, 0.25) is 5.15 Å². The zero-order chi connectivity index (χ0) is 16.7. The van der Waals surface area contributed by atoms with Crippen LogP contribution in [0.1, 0.15) is 6.23 Å². The van der Waals surface area contributed by atoms with E-state index in [1.54, 1.807) is 0 Å². The summed E-state index contributed by atoms with van der Waals surface area (Å²) in [4.78, 5) is 11.4. The summed E-state index contributed by atoms with van der Waals surface area (Å²) in [6.45, 7) is 6.90. The molecule has 9 nitrogen and oxygen atoms in total. The van der Waals surface area contributed by atoms with Gasteiger partial charge in [-0.25, -0.2) is 9.83 Å². The number of nitrogens with zero attached hydrogens (tertiary/aromatic N) is 4. The van der Waals surface area contributed by atoms with E-state index in [0.717, 1.165) is 0 Å². The highest BCUT2D eigenvalue weighted by Crippen LogP contribution is 2.39. The molecule has 0 radical (unpaired) electrons. The van der Waals surface area contributed by atoms with Gasteiger partial charge in [0.15, 0.2) is 6.23 Å². The molecule has 0 aliphatic carbocycles. The summed E-state index contributed by atoms with van der Waals surface area (Å²) in [6.07, 6.45) is -1.90. The molecule has 10 heteroatoms. The number of nitrogen functional groups attached to an aromatic ring is 1. The van der Waals surface area contributed by atoms with Crippen molar-refractivity contribution in [2.24, 2.45) is 0 Å². The molecule has 1 saturated heterocycles. The van der Waals surface area contributed by atoms with E-state index in [9.17, 15) is 10.2 Å². The van der Waals surface area contributed by atoms with Gasteiger partial charge in [-0.15, -0.1) is 0 Å². The third-order valence-electron chi connectivity index (χ3n) is 3.78. The molecule has 3 heterocycles. The number of halogens is 1. The molecule has 1 fully saturated rings. The molecule has 1 aliphatic heterocycles. The number of hydrogen-bond donors (Lipinski definition) is 3. The number of methoxy groups -OCH3 is 1. The molecule has 23 heavy (non-hydrogen) atoms. The van der Waals surface area contributed by atoms with E-state index in [2.05, 4.69) is 14.8 Å². The standard InChI is InChI=1S/C13H14ClN5O4/c1-16-5-3-19(11-7(5)10(14)17-13(15)18-11)12-9(22-2)8(21)6(4-20)23-12/h3,6,8-9,12,20-21H,4H2,2H3,(H2,15,17,18). The van der Waals surface area contributed by atoms with Gasteiger partial charge in [0.25, 0.3) is 0 Å². The molecule has 122 valence electrons. The van der Waals surface area contributed by atoms with Crippen LogP contribution in [0.5, 0.6) is 0 Å². The number of hydrogen-bond acceptors (Lipinski definition) is 7. The maximum absolute atomic E-state index is 10.2. The van der Waals surface area contributed by atoms with Crippen molar-refractivity contribution in [3.05, 3.63) is 22.8 Å². The molecule has 0 saturated carbocycles. The number of fused-ring (bicyclic) bond motifs is 1. The van der Waals surface area contributed by atoms with Crippen molar-refractivity contribution in [1.82, 2.24) is 14.5 Å². The molecule has 0 spiro atoms. The number of ether oxygens (including phenoxy) is 2. The lowest BCUT2D eigenvalue weighted by atomic mass is 10.1. The molecule has 2 aromatic heterocycles. The second-order valence-electron chi connectivity index (χ2n) is 5.04. The van der Waals surface area contributed by atoms with E-state index < -0.39 is 24.5 Å². The van der Waals surface area contributed by atoms with Crippen LogP contribution in [0.25, 0.3) is 15.9 Å². The van der Waals surface area contributed by atoms with Gasteiger partial charge in [-0.2, -0.15) is 4.98 Å². The number of aliphatic hydroxyl groups is 2. The van der Waals surface area contributed by atoms with Crippen molar-refractivity contribution < 1.29 is 19.7 Å². The first kappa shape index (κ1) is 15.9. The Morgan fingerprint density at radius 2 is 2.30 bits per heavy atom. The van der Waals surface area contributed by atoms with E-state index in [1.807, 2.05) is 0 Å². The lowest BCUT2D eigenvalue weighted by molar-refractivity contribution is -0.0580. The molecule has 0 aromatic carbocycles. The first-order valence-electron chi connectivity index (χ1n) is 6.70. The molecule has 4 atom stereocenters. The number of nitrogens with two attached hydrogens (primary N) is 1. The number of rotatable bonds is 3. The molecule has 4 N–H and O–H groups in total. The fraction of sp³-hybridized carbons (Fsp3) is 0.462. The van der Waals surface area contributed by atoms with Crippen LogP contribution in [0, 0.1) is 6.57 Å². The van der Waals surface area contributed by atoms with Gasteiger partial charge in [-0.1, -0.05) is 11.6 Å². The molecule has 1 aliphatic rings. The Labute approximate surface area is 136 Å². The second-order valence-corrected chi connectivity index (χ2v) is 5.40. The average Bonchev–Trinajstić information content (AvgIpc) is 3.04. The van der Waals surface area contributed by atoms with Gasteiger partial charge in [0.05, 0.1) is 18.6 Å². The third kappa shape index (κ3) is 2.41. The normalized spacial score (nSPS) is 27.4. The predicted octanol–water partition coefficient (Wildman–Crippen LogP) is 0.483. The van der Waals surface area contributed by atoms with Crippen LogP contribution in [-0.4, -0.2) is 56.8 Å². The summed E-state index contributed by atoms with van der Waals surface area (Å²) >= 11 is 6.07. The highest BCUT2D eigenvalue weighted by molar-refractivity contribution is 6.35. The topological polar surface area (TPSA) is 120 Å². The van der Waals surface area contributed by atoms with Crippen LogP contribution >= 0.6 is 11.6 Å². The summed E-state index contributed by atoms with van der Waals surface area (Å²) in [5, 5.41) is 19.9. The van der Waals surface area contributed by atoms with E-state index >= 15 is 0 Å². The smallest absolute Gasteiger partial charge is 0.223 e. The first-order valence-corrected chi connectivity index (χ1v) is 7.07. The molecule has 0 amide bonds. The Balaban J connectivity index is 2.19. The van der Waals surface area contributed by atoms with Crippen LogP contribution in [-0.2, 0) is 9.47 Å². The van der Waals surface area contributed by atoms with E-state index in [1.165, 1.54) is 17.9 Å². The summed E-state index contributed by atoms with van der Waals surface area (Å²) in [6, 6.07) is 0. The number of anilines is 1. The van der Waals surface area contributed by atoms with Gasteiger partial charge in [-0.05, 0) is 0 Å². The second kappa shape index (κ2) is 5.92. The number of aliphatic hydroxyl groups excluding tert-OH is 2. The lowest BCUT2D eigenvalue weighted by Gasteiger charge is -2.20. The monoisotopic (exact) mass is 339 g/mol. The summed E-state index contributed by atoms with van der Waals surface area (Å²) < 4.78 is 12.4. The fourth-order valence-corrected chi connectivity index (χ4v) is 3.00. The van der Waals surface area contributed by atoms with Gasteiger partial charge < -0.3 is 30.0 Å². The van der Waals surface area contributed by atoms with Crippen molar-refractivity contribution in [2.75, 3.05) is 19.5 Å².